The fraction of sp³-hybridized carbons (Fsp3) is 0.667. The highest BCUT2D eigenvalue weighted by Gasteiger charge is 2.14. The van der Waals surface area contributed by atoms with Gasteiger partial charge in [-0.15, -0.1) is 0 Å². The van der Waals surface area contributed by atoms with Gasteiger partial charge in [0, 0.05) is 0 Å². The van der Waals surface area contributed by atoms with Crippen molar-refractivity contribution in [2.24, 2.45) is 9.98 Å². The quantitative estimate of drug-likeness (QED) is 0.686. The van der Waals surface area contributed by atoms with Crippen LogP contribution in [0.2, 0.25) is 0 Å². The average Bonchev–Trinajstić information content (AvgIpc) is 2.63. The molecule has 0 unspecified atom stereocenters. The van der Waals surface area contributed by atoms with Gasteiger partial charge in [0.1, 0.15) is 0 Å². The van der Waals surface area contributed by atoms with Gasteiger partial charge < -0.3 is 0 Å². The third-order valence-corrected chi connectivity index (χ3v) is 5.39. The number of aliphatic imine (C=N–C) groups is 2. The second-order valence-electron chi connectivity index (χ2n) is 7.42. The van der Waals surface area contributed by atoms with E-state index in [1.165, 1.54) is 64.2 Å². The summed E-state index contributed by atoms with van der Waals surface area (Å²) < 4.78 is 0. The Morgan fingerprint density at radius 1 is 0.750 bits per heavy atom. The molecule has 0 aliphatic heterocycles. The van der Waals surface area contributed by atoms with Crippen molar-refractivity contribution in [3.05, 3.63) is 29.6 Å². The number of nitrogens with zero attached hydrogens (tertiary/aromatic N) is 3. The summed E-state index contributed by atoms with van der Waals surface area (Å²) in [7, 11) is 0. The van der Waals surface area contributed by atoms with Crippen molar-refractivity contribution in [1.29, 1.82) is 0 Å². The minimum Gasteiger partial charge on any atom is -0.284 e. The fourth-order valence-electron chi connectivity index (χ4n) is 3.94. The van der Waals surface area contributed by atoms with Gasteiger partial charge in [-0.2, -0.15) is 0 Å². The molecule has 0 atom stereocenters. The van der Waals surface area contributed by atoms with Crippen molar-refractivity contribution in [1.82, 2.24) is 4.98 Å². The van der Waals surface area contributed by atoms with E-state index in [9.17, 15) is 0 Å². The number of pyridine rings is 1. The summed E-state index contributed by atoms with van der Waals surface area (Å²) in [6, 6.07) is 7.26. The lowest BCUT2D eigenvalue weighted by Crippen LogP contribution is -2.15. The molecule has 2 fully saturated rings. The molecule has 0 radical (unpaired) electrons. The Kier molecular flexibility index (Phi) is 6.17. The molecule has 0 saturated heterocycles. The van der Waals surface area contributed by atoms with Crippen molar-refractivity contribution >= 4 is 11.4 Å². The van der Waals surface area contributed by atoms with Gasteiger partial charge in [0.25, 0.3) is 0 Å². The van der Waals surface area contributed by atoms with Gasteiger partial charge in [0.2, 0.25) is 0 Å². The first-order chi connectivity index (χ1) is 11.7. The van der Waals surface area contributed by atoms with Crippen molar-refractivity contribution in [2.75, 3.05) is 0 Å². The molecule has 0 spiro atoms. The molecule has 1 aromatic rings. The molecular weight excluding hydrogens is 294 g/mol. The fourth-order valence-corrected chi connectivity index (χ4v) is 3.94. The Bertz CT molecular complexity index is 542. The molecule has 0 aromatic carbocycles. The summed E-state index contributed by atoms with van der Waals surface area (Å²) in [5, 5.41) is 0. The zero-order valence-corrected chi connectivity index (χ0v) is 15.3. The van der Waals surface area contributed by atoms with Gasteiger partial charge in [0.15, 0.2) is 0 Å². The largest absolute Gasteiger partial charge is 0.284 e. The number of hydrogen-bond acceptors (Lipinski definition) is 3. The summed E-state index contributed by atoms with van der Waals surface area (Å²) in [6.45, 7) is 4.21. The zero-order chi connectivity index (χ0) is 16.8. The van der Waals surface area contributed by atoms with Crippen molar-refractivity contribution < 1.29 is 0 Å². The second kappa shape index (κ2) is 8.55. The van der Waals surface area contributed by atoms with Crippen molar-refractivity contribution in [3.63, 3.8) is 0 Å². The summed E-state index contributed by atoms with van der Waals surface area (Å²) in [5.74, 6) is 0. The van der Waals surface area contributed by atoms with Gasteiger partial charge >= 0.3 is 0 Å². The minimum absolute atomic E-state index is 0.501. The van der Waals surface area contributed by atoms with Crippen LogP contribution in [0.4, 0.5) is 0 Å². The lowest BCUT2D eigenvalue weighted by atomic mass is 9.96. The van der Waals surface area contributed by atoms with E-state index in [0.717, 1.165) is 22.8 Å². The highest BCUT2D eigenvalue weighted by atomic mass is 14.9. The SMILES string of the molecule is CC(=NC1CCCCC1)c1cccc(C(C)=NC2CCCCC2)n1. The van der Waals surface area contributed by atoms with Gasteiger partial charge in [-0.1, -0.05) is 44.6 Å². The van der Waals surface area contributed by atoms with Gasteiger partial charge in [-0.25, -0.2) is 4.98 Å². The highest BCUT2D eigenvalue weighted by molar-refractivity contribution is 6.00. The van der Waals surface area contributed by atoms with Crippen LogP contribution in [0, 0.1) is 0 Å². The molecule has 1 aromatic heterocycles. The minimum atomic E-state index is 0.501. The standard InChI is InChI=1S/C21H31N3/c1-16(22-18-10-5-3-6-11-18)20-14-9-15-21(24-20)17(2)23-19-12-7-4-8-13-19/h9,14-15,18-19H,3-8,10-13H2,1-2H3. The Labute approximate surface area is 146 Å². The molecule has 0 amide bonds. The molecule has 2 aliphatic carbocycles. The molecule has 2 saturated carbocycles. The first kappa shape index (κ1) is 17.3. The van der Waals surface area contributed by atoms with Gasteiger partial charge in [-0.3, -0.25) is 9.98 Å². The number of rotatable bonds is 4. The Morgan fingerprint density at radius 3 is 1.58 bits per heavy atom. The summed E-state index contributed by atoms with van der Waals surface area (Å²) >= 11 is 0. The smallest absolute Gasteiger partial charge is 0.0845 e. The van der Waals surface area contributed by atoms with Crippen LogP contribution in [0.3, 0.4) is 0 Å². The third kappa shape index (κ3) is 4.75. The molecule has 3 nitrogen and oxygen atoms in total. The van der Waals surface area contributed by atoms with E-state index in [-0.39, 0.29) is 0 Å². The van der Waals surface area contributed by atoms with E-state index in [0.29, 0.717) is 12.1 Å². The van der Waals surface area contributed by atoms with E-state index < -0.39 is 0 Å². The zero-order valence-electron chi connectivity index (χ0n) is 15.3. The van der Waals surface area contributed by atoms with E-state index in [1.54, 1.807) is 0 Å². The second-order valence-corrected chi connectivity index (χ2v) is 7.42. The molecule has 2 aliphatic rings. The average molecular weight is 326 g/mol. The maximum absolute atomic E-state index is 4.94. The summed E-state index contributed by atoms with van der Waals surface area (Å²) in [4.78, 5) is 14.7. The van der Waals surface area contributed by atoms with Crippen LogP contribution in [0.15, 0.2) is 28.2 Å². The van der Waals surface area contributed by atoms with E-state index in [2.05, 4.69) is 32.0 Å². The highest BCUT2D eigenvalue weighted by Crippen LogP contribution is 2.22. The molecular formula is C21H31N3. The summed E-state index contributed by atoms with van der Waals surface area (Å²) in [5.41, 5.74) is 4.18. The summed E-state index contributed by atoms with van der Waals surface area (Å²) in [6.07, 6.45) is 13.0. The Morgan fingerprint density at radius 2 is 1.17 bits per heavy atom. The van der Waals surface area contributed by atoms with Crippen LogP contribution in [-0.4, -0.2) is 28.5 Å². The monoisotopic (exact) mass is 325 g/mol. The predicted molar refractivity (Wildman–Crippen MR) is 102 cm³/mol. The predicted octanol–water partition coefficient (Wildman–Crippen LogP) is 5.37. The van der Waals surface area contributed by atoms with Crippen molar-refractivity contribution in [3.8, 4) is 0 Å². The van der Waals surface area contributed by atoms with Crippen LogP contribution in [0.25, 0.3) is 0 Å². The first-order valence-electron chi connectivity index (χ1n) is 9.79. The first-order valence-corrected chi connectivity index (χ1v) is 9.79. The van der Waals surface area contributed by atoms with Crippen LogP contribution in [0.5, 0.6) is 0 Å². The molecule has 0 N–H and O–H groups in total. The van der Waals surface area contributed by atoms with E-state index in [4.69, 9.17) is 15.0 Å². The maximum Gasteiger partial charge on any atom is 0.0845 e. The molecule has 1 heterocycles. The Hall–Kier alpha value is -1.51. The number of hydrogen-bond donors (Lipinski definition) is 0. The van der Waals surface area contributed by atoms with E-state index in [1.807, 2.05) is 0 Å². The maximum atomic E-state index is 4.94. The topological polar surface area (TPSA) is 37.6 Å². The van der Waals surface area contributed by atoms with Gasteiger partial charge in [-0.05, 0) is 51.7 Å². The van der Waals surface area contributed by atoms with Crippen LogP contribution < -0.4 is 0 Å². The molecule has 24 heavy (non-hydrogen) atoms. The van der Waals surface area contributed by atoms with Crippen LogP contribution in [-0.2, 0) is 0 Å². The lowest BCUT2D eigenvalue weighted by Gasteiger charge is -2.19. The third-order valence-electron chi connectivity index (χ3n) is 5.39. The van der Waals surface area contributed by atoms with Crippen molar-refractivity contribution in [2.45, 2.75) is 90.1 Å². The normalized spacial score (nSPS) is 21.9. The Balaban J connectivity index is 1.72. The van der Waals surface area contributed by atoms with Crippen LogP contribution in [0.1, 0.15) is 89.4 Å². The van der Waals surface area contributed by atoms with E-state index >= 15 is 0 Å². The molecule has 130 valence electrons. The van der Waals surface area contributed by atoms with Crippen LogP contribution >= 0.6 is 0 Å². The molecule has 3 rings (SSSR count). The molecule has 0 bridgehead atoms. The van der Waals surface area contributed by atoms with Gasteiger partial charge in [0.05, 0.1) is 34.9 Å². The lowest BCUT2D eigenvalue weighted by molar-refractivity contribution is 0.443. The number of aromatic nitrogens is 1. The molecule has 3 heteroatoms.